The minimum atomic E-state index is -0.826. The SMILES string of the molecule is CCn1cc([N+](=O)[O-])c(C(=O)Nn2c(C)nc3sc4c(c3c2=O)CC[C@@H](C)C4)n1. The molecule has 0 unspecified atom stereocenters. The van der Waals surface area contributed by atoms with E-state index in [1.807, 2.05) is 0 Å². The number of amides is 1. The molecule has 0 radical (unpaired) electrons. The molecular formula is C18H20N6O4S. The van der Waals surface area contributed by atoms with Crippen molar-refractivity contribution in [2.45, 2.75) is 46.6 Å². The molecule has 1 aliphatic carbocycles. The highest BCUT2D eigenvalue weighted by Crippen LogP contribution is 2.35. The lowest BCUT2D eigenvalue weighted by Gasteiger charge is -2.17. The van der Waals surface area contributed by atoms with E-state index in [2.05, 4.69) is 22.4 Å². The number of aryl methyl sites for hydroxylation is 3. The third-order valence-corrected chi connectivity index (χ3v) is 6.34. The zero-order chi connectivity index (χ0) is 20.9. The fraction of sp³-hybridized carbons (Fsp3) is 0.444. The summed E-state index contributed by atoms with van der Waals surface area (Å²) in [4.78, 5) is 42.8. The van der Waals surface area contributed by atoms with Crippen LogP contribution in [0.15, 0.2) is 11.0 Å². The van der Waals surface area contributed by atoms with Crippen LogP contribution in [0.4, 0.5) is 5.69 Å². The van der Waals surface area contributed by atoms with Crippen LogP contribution < -0.4 is 11.0 Å². The van der Waals surface area contributed by atoms with Crippen molar-refractivity contribution >= 4 is 33.1 Å². The van der Waals surface area contributed by atoms with Gasteiger partial charge in [-0.15, -0.1) is 11.3 Å². The Morgan fingerprint density at radius 2 is 2.24 bits per heavy atom. The average molecular weight is 416 g/mol. The predicted octanol–water partition coefficient (Wildman–Crippen LogP) is 2.40. The van der Waals surface area contributed by atoms with Crippen LogP contribution in [0.3, 0.4) is 0 Å². The highest BCUT2D eigenvalue weighted by molar-refractivity contribution is 7.18. The first kappa shape index (κ1) is 19.2. The second kappa shape index (κ2) is 7.07. The van der Waals surface area contributed by atoms with Gasteiger partial charge in [-0.3, -0.25) is 29.8 Å². The summed E-state index contributed by atoms with van der Waals surface area (Å²) in [6.45, 7) is 5.93. The van der Waals surface area contributed by atoms with Crippen LogP contribution in [0, 0.1) is 23.0 Å². The molecule has 1 amide bonds. The summed E-state index contributed by atoms with van der Waals surface area (Å²) in [5.41, 5.74) is 2.33. The van der Waals surface area contributed by atoms with Gasteiger partial charge < -0.3 is 0 Å². The first-order chi connectivity index (χ1) is 13.8. The van der Waals surface area contributed by atoms with E-state index < -0.39 is 16.5 Å². The van der Waals surface area contributed by atoms with E-state index in [0.717, 1.165) is 29.5 Å². The lowest BCUT2D eigenvalue weighted by molar-refractivity contribution is -0.385. The summed E-state index contributed by atoms with van der Waals surface area (Å²) in [6.07, 6.45) is 3.92. The number of nitrogens with zero attached hydrogens (tertiary/aromatic N) is 5. The van der Waals surface area contributed by atoms with E-state index in [4.69, 9.17) is 0 Å². The molecular weight excluding hydrogens is 396 g/mol. The van der Waals surface area contributed by atoms with Crippen molar-refractivity contribution in [3.63, 3.8) is 0 Å². The average Bonchev–Trinajstić information content (AvgIpc) is 3.25. The number of hydrogen-bond acceptors (Lipinski definition) is 7. The van der Waals surface area contributed by atoms with Crippen molar-refractivity contribution in [3.8, 4) is 0 Å². The van der Waals surface area contributed by atoms with E-state index in [-0.39, 0.29) is 11.3 Å². The van der Waals surface area contributed by atoms with Crippen molar-refractivity contribution in [2.24, 2.45) is 5.92 Å². The van der Waals surface area contributed by atoms with Crippen molar-refractivity contribution in [1.82, 2.24) is 19.4 Å². The zero-order valence-corrected chi connectivity index (χ0v) is 17.1. The number of hydrogen-bond donors (Lipinski definition) is 1. The van der Waals surface area contributed by atoms with E-state index in [9.17, 15) is 19.7 Å². The molecule has 3 aromatic heterocycles. The number of thiophene rings is 1. The van der Waals surface area contributed by atoms with Crippen molar-refractivity contribution in [3.05, 3.63) is 48.6 Å². The predicted molar refractivity (Wildman–Crippen MR) is 108 cm³/mol. The number of carbonyl (C=O) groups is 1. The minimum Gasteiger partial charge on any atom is -0.267 e. The van der Waals surface area contributed by atoms with Crippen LogP contribution in [-0.2, 0) is 19.4 Å². The molecule has 11 heteroatoms. The third-order valence-electron chi connectivity index (χ3n) is 5.19. The Bertz CT molecular complexity index is 1210. The fourth-order valence-electron chi connectivity index (χ4n) is 3.65. The second-order valence-corrected chi connectivity index (χ2v) is 8.33. The van der Waals surface area contributed by atoms with Gasteiger partial charge in [-0.05, 0) is 44.6 Å². The summed E-state index contributed by atoms with van der Waals surface area (Å²) in [6, 6.07) is 0. The Hall–Kier alpha value is -3.08. The maximum absolute atomic E-state index is 13.2. The Morgan fingerprint density at radius 3 is 2.93 bits per heavy atom. The number of carbonyl (C=O) groups excluding carboxylic acids is 1. The summed E-state index contributed by atoms with van der Waals surface area (Å²) < 4.78 is 2.37. The van der Waals surface area contributed by atoms with Gasteiger partial charge in [0.25, 0.3) is 11.5 Å². The zero-order valence-electron chi connectivity index (χ0n) is 16.3. The topological polar surface area (TPSA) is 125 Å². The number of fused-ring (bicyclic) bond motifs is 3. The van der Waals surface area contributed by atoms with E-state index in [1.54, 1.807) is 13.8 Å². The van der Waals surface area contributed by atoms with Gasteiger partial charge in [0.2, 0.25) is 5.69 Å². The lowest BCUT2D eigenvalue weighted by Crippen LogP contribution is -2.36. The molecule has 3 aromatic rings. The van der Waals surface area contributed by atoms with Gasteiger partial charge in [0.05, 0.1) is 10.3 Å². The largest absolute Gasteiger partial charge is 0.320 e. The molecule has 0 fully saturated rings. The molecule has 1 N–H and O–H groups in total. The van der Waals surface area contributed by atoms with Crippen molar-refractivity contribution in [1.29, 1.82) is 0 Å². The molecule has 29 heavy (non-hydrogen) atoms. The molecule has 0 saturated heterocycles. The second-order valence-electron chi connectivity index (χ2n) is 7.25. The molecule has 0 bridgehead atoms. The standard InChI is InChI=1S/C18H20N6O4S/c1-4-22-8-12(24(27)28)15(20-22)16(25)21-23-10(3)19-17-14(18(23)26)11-6-5-9(2)7-13(11)29-17/h8-9H,4-7H2,1-3H3,(H,21,25)/t9-/m1/s1. The maximum Gasteiger partial charge on any atom is 0.320 e. The molecule has 0 spiro atoms. The van der Waals surface area contributed by atoms with Gasteiger partial charge >= 0.3 is 5.69 Å². The molecule has 1 aliphatic rings. The maximum atomic E-state index is 13.2. The Morgan fingerprint density at radius 1 is 1.48 bits per heavy atom. The molecule has 10 nitrogen and oxygen atoms in total. The lowest BCUT2D eigenvalue weighted by atomic mass is 9.89. The van der Waals surface area contributed by atoms with E-state index >= 15 is 0 Å². The van der Waals surface area contributed by atoms with E-state index in [1.165, 1.54) is 27.1 Å². The van der Waals surface area contributed by atoms with Crippen LogP contribution in [0.25, 0.3) is 10.2 Å². The Balaban J connectivity index is 1.77. The van der Waals surface area contributed by atoms with Crippen LogP contribution in [-0.4, -0.2) is 30.3 Å². The van der Waals surface area contributed by atoms with Crippen LogP contribution >= 0.6 is 11.3 Å². The number of aromatic nitrogens is 4. The quantitative estimate of drug-likeness (QED) is 0.514. The smallest absolute Gasteiger partial charge is 0.267 e. The molecule has 3 heterocycles. The Kier molecular flexibility index (Phi) is 4.69. The van der Waals surface area contributed by atoms with Gasteiger partial charge in [-0.1, -0.05) is 6.92 Å². The monoisotopic (exact) mass is 416 g/mol. The Labute approximate surface area is 169 Å². The first-order valence-corrected chi connectivity index (χ1v) is 10.2. The van der Waals surface area contributed by atoms with Gasteiger partial charge in [0, 0.05) is 11.4 Å². The molecule has 0 saturated carbocycles. The van der Waals surface area contributed by atoms with Gasteiger partial charge in [0.1, 0.15) is 16.9 Å². The number of nitro groups is 1. The number of rotatable bonds is 4. The highest BCUT2D eigenvalue weighted by atomic mass is 32.1. The summed E-state index contributed by atoms with van der Waals surface area (Å²) in [7, 11) is 0. The normalized spacial score (nSPS) is 16.0. The highest BCUT2D eigenvalue weighted by Gasteiger charge is 2.28. The van der Waals surface area contributed by atoms with Crippen LogP contribution in [0.1, 0.15) is 47.0 Å². The van der Waals surface area contributed by atoms with Crippen molar-refractivity contribution in [2.75, 3.05) is 5.43 Å². The summed E-state index contributed by atoms with van der Waals surface area (Å²) >= 11 is 1.53. The van der Waals surface area contributed by atoms with Crippen LogP contribution in [0.5, 0.6) is 0 Å². The molecule has 0 aliphatic heterocycles. The number of nitrogens with one attached hydrogen (secondary N) is 1. The molecule has 152 valence electrons. The molecule has 1 atom stereocenters. The third kappa shape index (κ3) is 3.20. The van der Waals surface area contributed by atoms with Gasteiger partial charge in [-0.25, -0.2) is 9.66 Å². The summed E-state index contributed by atoms with van der Waals surface area (Å²) in [5, 5.41) is 15.8. The fourth-order valence-corrected chi connectivity index (χ4v) is 5.06. The molecule has 0 aromatic carbocycles. The van der Waals surface area contributed by atoms with Gasteiger partial charge in [0.15, 0.2) is 0 Å². The minimum absolute atomic E-state index is 0.306. The van der Waals surface area contributed by atoms with Crippen molar-refractivity contribution < 1.29 is 9.72 Å². The summed E-state index contributed by atoms with van der Waals surface area (Å²) in [5.74, 6) is 0.0425. The molecule has 4 rings (SSSR count). The van der Waals surface area contributed by atoms with Gasteiger partial charge in [-0.2, -0.15) is 5.10 Å². The van der Waals surface area contributed by atoms with Crippen LogP contribution in [0.2, 0.25) is 0 Å². The van der Waals surface area contributed by atoms with E-state index in [0.29, 0.717) is 28.5 Å². The first-order valence-electron chi connectivity index (χ1n) is 9.37.